The van der Waals surface area contributed by atoms with E-state index < -0.39 is 0 Å². The van der Waals surface area contributed by atoms with Crippen molar-refractivity contribution in [3.05, 3.63) is 59.8 Å². The van der Waals surface area contributed by atoms with Crippen LogP contribution in [-0.4, -0.2) is 36.6 Å². The van der Waals surface area contributed by atoms with Gasteiger partial charge in [0.05, 0.1) is 25.6 Å². The number of benzene rings is 2. The Hall–Kier alpha value is -3.68. The van der Waals surface area contributed by atoms with Gasteiger partial charge in [0.1, 0.15) is 5.69 Å². The number of amides is 2. The van der Waals surface area contributed by atoms with Gasteiger partial charge in [-0.3, -0.25) is 0 Å². The Bertz CT molecular complexity index is 1070. The monoisotopic (exact) mass is 437 g/mol. The van der Waals surface area contributed by atoms with Crippen LogP contribution in [0, 0.1) is 0 Å². The fourth-order valence-corrected chi connectivity index (χ4v) is 3.36. The number of nitrogen functional groups attached to an aromatic ring is 1. The molecule has 0 atom stereocenters. The largest absolute Gasteiger partial charge is 0.493 e. The summed E-state index contributed by atoms with van der Waals surface area (Å²) in [7, 11) is 3.20. The lowest BCUT2D eigenvalue weighted by Crippen LogP contribution is -2.31. The van der Waals surface area contributed by atoms with Crippen molar-refractivity contribution in [2.45, 2.75) is 32.6 Å². The van der Waals surface area contributed by atoms with Crippen LogP contribution < -0.4 is 25.8 Å². The summed E-state index contributed by atoms with van der Waals surface area (Å²) in [6.07, 6.45) is 0.638. The molecule has 0 saturated heterocycles. The molecular formula is C24H31N5O3. The quantitative estimate of drug-likeness (QED) is 0.516. The normalized spacial score (nSPS) is 11.2. The summed E-state index contributed by atoms with van der Waals surface area (Å²) >= 11 is 0. The number of ether oxygens (including phenoxy) is 2. The molecule has 0 unspecified atom stereocenters. The maximum Gasteiger partial charge on any atom is 0.319 e. The van der Waals surface area contributed by atoms with E-state index in [1.165, 1.54) is 0 Å². The fraction of sp³-hybridized carbons (Fsp3) is 0.333. The third kappa shape index (κ3) is 5.14. The second-order valence-electron chi connectivity index (χ2n) is 8.43. The molecule has 0 radical (unpaired) electrons. The Kier molecular flexibility index (Phi) is 6.92. The van der Waals surface area contributed by atoms with Crippen molar-refractivity contribution < 1.29 is 14.3 Å². The van der Waals surface area contributed by atoms with Gasteiger partial charge in [-0.2, -0.15) is 5.10 Å². The zero-order chi connectivity index (χ0) is 23.3. The first-order chi connectivity index (χ1) is 15.2. The SMILES string of the molecule is COc1ccc(CCNC(=O)Nc2c(C(C)(C)C)nn(-c3ccccc3)c2N)cc1OC. The van der Waals surface area contributed by atoms with E-state index >= 15 is 0 Å². The number of hydrogen-bond acceptors (Lipinski definition) is 5. The van der Waals surface area contributed by atoms with Crippen LogP contribution in [0.4, 0.5) is 16.3 Å². The Morgan fingerprint density at radius 3 is 2.38 bits per heavy atom. The number of nitrogens with one attached hydrogen (secondary N) is 2. The molecule has 8 nitrogen and oxygen atoms in total. The first-order valence-electron chi connectivity index (χ1n) is 10.4. The van der Waals surface area contributed by atoms with Gasteiger partial charge in [0.15, 0.2) is 17.3 Å². The lowest BCUT2D eigenvalue weighted by atomic mass is 9.91. The van der Waals surface area contributed by atoms with Crippen LogP contribution in [0.15, 0.2) is 48.5 Å². The average Bonchev–Trinajstić information content (AvgIpc) is 3.10. The first-order valence-corrected chi connectivity index (χ1v) is 10.4. The van der Waals surface area contributed by atoms with Crippen molar-refractivity contribution in [3.8, 4) is 17.2 Å². The summed E-state index contributed by atoms with van der Waals surface area (Å²) in [6.45, 7) is 6.54. The number of carbonyl (C=O) groups is 1. The number of methoxy groups -OCH3 is 2. The van der Waals surface area contributed by atoms with Crippen LogP contribution in [0.2, 0.25) is 0 Å². The predicted molar refractivity (Wildman–Crippen MR) is 127 cm³/mol. The second kappa shape index (κ2) is 9.64. The van der Waals surface area contributed by atoms with Gasteiger partial charge in [-0.25, -0.2) is 9.48 Å². The number of urea groups is 1. The number of hydrogen-bond donors (Lipinski definition) is 3. The molecular weight excluding hydrogens is 406 g/mol. The Morgan fingerprint density at radius 2 is 1.75 bits per heavy atom. The van der Waals surface area contributed by atoms with Gasteiger partial charge < -0.3 is 25.8 Å². The summed E-state index contributed by atoms with van der Waals surface area (Å²) < 4.78 is 12.2. The van der Waals surface area contributed by atoms with E-state index in [0.717, 1.165) is 11.3 Å². The average molecular weight is 438 g/mol. The third-order valence-electron chi connectivity index (χ3n) is 5.02. The van der Waals surface area contributed by atoms with Gasteiger partial charge in [-0.05, 0) is 36.2 Å². The molecule has 8 heteroatoms. The number of nitrogens with two attached hydrogens (primary N) is 1. The molecule has 1 heterocycles. The molecule has 0 bridgehead atoms. The second-order valence-corrected chi connectivity index (χ2v) is 8.43. The molecule has 0 aliphatic rings. The minimum absolute atomic E-state index is 0.309. The fourth-order valence-electron chi connectivity index (χ4n) is 3.36. The van der Waals surface area contributed by atoms with E-state index in [2.05, 4.69) is 10.6 Å². The minimum atomic E-state index is -0.338. The zero-order valence-electron chi connectivity index (χ0n) is 19.2. The summed E-state index contributed by atoms with van der Waals surface area (Å²) in [4.78, 5) is 12.6. The van der Waals surface area contributed by atoms with Crippen LogP contribution in [-0.2, 0) is 11.8 Å². The number of anilines is 2. The molecule has 4 N–H and O–H groups in total. The highest BCUT2D eigenvalue weighted by atomic mass is 16.5. The van der Waals surface area contributed by atoms with Gasteiger partial charge in [-0.1, -0.05) is 45.0 Å². The molecule has 3 aromatic rings. The van der Waals surface area contributed by atoms with Gasteiger partial charge in [0.2, 0.25) is 0 Å². The van der Waals surface area contributed by atoms with Crippen molar-refractivity contribution in [1.29, 1.82) is 0 Å². The minimum Gasteiger partial charge on any atom is -0.493 e. The van der Waals surface area contributed by atoms with Crippen LogP contribution >= 0.6 is 0 Å². The van der Waals surface area contributed by atoms with Crippen molar-refractivity contribution in [3.63, 3.8) is 0 Å². The summed E-state index contributed by atoms with van der Waals surface area (Å²) in [6, 6.07) is 15.0. The number of para-hydroxylation sites is 1. The van der Waals surface area contributed by atoms with E-state index in [4.69, 9.17) is 20.3 Å². The zero-order valence-corrected chi connectivity index (χ0v) is 19.2. The number of nitrogens with zero attached hydrogens (tertiary/aromatic N) is 2. The lowest BCUT2D eigenvalue weighted by Gasteiger charge is -2.18. The van der Waals surface area contributed by atoms with Gasteiger partial charge in [-0.15, -0.1) is 0 Å². The van der Waals surface area contributed by atoms with Gasteiger partial charge in [0, 0.05) is 12.0 Å². The standard InChI is InChI=1S/C24H31N5O3/c1-24(2,3)21-20(22(25)29(28-21)17-9-7-6-8-10-17)27-23(30)26-14-13-16-11-12-18(31-4)19(15-16)32-5/h6-12,15H,13-14,25H2,1-5H3,(H2,26,27,30). The van der Waals surface area contributed by atoms with E-state index in [9.17, 15) is 4.79 Å². The van der Waals surface area contributed by atoms with E-state index in [1.54, 1.807) is 18.9 Å². The third-order valence-corrected chi connectivity index (χ3v) is 5.02. The first kappa shape index (κ1) is 23.0. The smallest absolute Gasteiger partial charge is 0.319 e. The van der Waals surface area contributed by atoms with Crippen LogP contribution in [0.1, 0.15) is 32.0 Å². The Balaban J connectivity index is 1.71. The van der Waals surface area contributed by atoms with Crippen LogP contribution in [0.25, 0.3) is 5.69 Å². The summed E-state index contributed by atoms with van der Waals surface area (Å²) in [5, 5.41) is 10.5. The summed E-state index contributed by atoms with van der Waals surface area (Å²) in [5.41, 5.74) is 9.17. The number of rotatable bonds is 7. The van der Waals surface area contributed by atoms with Crippen LogP contribution in [0.3, 0.4) is 0 Å². The maximum atomic E-state index is 12.6. The van der Waals surface area contributed by atoms with Crippen molar-refractivity contribution in [2.75, 3.05) is 31.8 Å². The molecule has 0 fully saturated rings. The number of carbonyl (C=O) groups excluding carboxylic acids is 1. The highest BCUT2D eigenvalue weighted by Gasteiger charge is 2.27. The highest BCUT2D eigenvalue weighted by Crippen LogP contribution is 2.34. The molecule has 0 spiro atoms. The van der Waals surface area contributed by atoms with Crippen molar-refractivity contribution >= 4 is 17.5 Å². The molecule has 0 saturated carbocycles. The number of aromatic nitrogens is 2. The maximum absolute atomic E-state index is 12.6. The van der Waals surface area contributed by atoms with E-state index in [0.29, 0.717) is 41.7 Å². The molecule has 32 heavy (non-hydrogen) atoms. The summed E-state index contributed by atoms with van der Waals surface area (Å²) in [5.74, 6) is 1.71. The molecule has 2 aromatic carbocycles. The molecule has 170 valence electrons. The van der Waals surface area contributed by atoms with Crippen molar-refractivity contribution in [1.82, 2.24) is 15.1 Å². The van der Waals surface area contributed by atoms with Gasteiger partial charge >= 0.3 is 6.03 Å². The molecule has 1 aromatic heterocycles. The van der Waals surface area contributed by atoms with E-state index in [1.807, 2.05) is 69.3 Å². The lowest BCUT2D eigenvalue weighted by molar-refractivity contribution is 0.252. The van der Waals surface area contributed by atoms with E-state index in [-0.39, 0.29) is 11.4 Å². The van der Waals surface area contributed by atoms with Crippen molar-refractivity contribution in [2.24, 2.45) is 0 Å². The molecule has 0 aliphatic carbocycles. The van der Waals surface area contributed by atoms with Crippen LogP contribution in [0.5, 0.6) is 11.5 Å². The van der Waals surface area contributed by atoms with Gasteiger partial charge in [0.25, 0.3) is 0 Å². The highest BCUT2D eigenvalue weighted by molar-refractivity contribution is 5.93. The molecule has 0 aliphatic heterocycles. The topological polar surface area (TPSA) is 103 Å². The Labute approximate surface area is 188 Å². The molecule has 3 rings (SSSR count). The molecule has 2 amide bonds. The predicted octanol–water partition coefficient (Wildman–Crippen LogP) is 4.13. The Morgan fingerprint density at radius 1 is 1.06 bits per heavy atom.